The van der Waals surface area contributed by atoms with Crippen molar-refractivity contribution in [2.45, 2.75) is 12.2 Å². The van der Waals surface area contributed by atoms with E-state index in [0.717, 1.165) is 0 Å². The van der Waals surface area contributed by atoms with E-state index in [0.29, 0.717) is 0 Å². The fourth-order valence-electron chi connectivity index (χ4n) is 1.90. The van der Waals surface area contributed by atoms with Crippen molar-refractivity contribution < 1.29 is 24.5 Å². The van der Waals surface area contributed by atoms with Gasteiger partial charge in [-0.2, -0.15) is 0 Å². The summed E-state index contributed by atoms with van der Waals surface area (Å²) < 4.78 is 5.15. The van der Waals surface area contributed by atoms with E-state index in [4.69, 9.17) is 14.9 Å². The van der Waals surface area contributed by atoms with Gasteiger partial charge in [0, 0.05) is 0 Å². The van der Waals surface area contributed by atoms with Crippen LogP contribution in [0.15, 0.2) is 12.2 Å². The smallest absolute Gasteiger partial charge is 0.310 e. The molecule has 0 aromatic carbocycles. The van der Waals surface area contributed by atoms with E-state index in [-0.39, 0.29) is 0 Å². The Labute approximate surface area is 73.6 Å². The Morgan fingerprint density at radius 2 is 1.38 bits per heavy atom. The van der Waals surface area contributed by atoms with Crippen LogP contribution in [-0.4, -0.2) is 34.4 Å². The lowest BCUT2D eigenvalue weighted by atomic mass is 9.83. The van der Waals surface area contributed by atoms with Crippen molar-refractivity contribution >= 4 is 11.9 Å². The van der Waals surface area contributed by atoms with E-state index >= 15 is 0 Å². The van der Waals surface area contributed by atoms with Crippen LogP contribution in [-0.2, 0) is 14.3 Å². The zero-order valence-corrected chi connectivity index (χ0v) is 6.58. The summed E-state index contributed by atoms with van der Waals surface area (Å²) in [6, 6.07) is 0. The van der Waals surface area contributed by atoms with Crippen molar-refractivity contribution in [2.24, 2.45) is 11.8 Å². The van der Waals surface area contributed by atoms with Crippen LogP contribution >= 0.6 is 0 Å². The predicted octanol–water partition coefficient (Wildman–Crippen LogP) is -0.275. The number of hydrogen-bond donors (Lipinski definition) is 2. The van der Waals surface area contributed by atoms with Crippen molar-refractivity contribution in [1.82, 2.24) is 0 Å². The Balaban J connectivity index is 2.30. The molecule has 0 radical (unpaired) electrons. The highest BCUT2D eigenvalue weighted by Gasteiger charge is 2.53. The standard InChI is InChI=1S/C8H8O5/c9-7(10)5-3-1-2-4(13-3)6(5)8(11)12/h1-6H,(H,9,10)(H,11,12)/t3-,4+,5-,6+. The van der Waals surface area contributed by atoms with Gasteiger partial charge in [0.25, 0.3) is 0 Å². The zero-order valence-electron chi connectivity index (χ0n) is 6.58. The molecule has 0 aromatic heterocycles. The van der Waals surface area contributed by atoms with Gasteiger partial charge in [-0.05, 0) is 0 Å². The maximum atomic E-state index is 10.7. The molecule has 0 aromatic rings. The van der Waals surface area contributed by atoms with Gasteiger partial charge in [0.2, 0.25) is 0 Å². The highest BCUT2D eigenvalue weighted by atomic mass is 16.5. The van der Waals surface area contributed by atoms with Crippen LogP contribution in [0.5, 0.6) is 0 Å². The van der Waals surface area contributed by atoms with E-state index in [9.17, 15) is 9.59 Å². The SMILES string of the molecule is O=C(O)[C@@H]1[C@H](C(=O)O)[C@H]2C=C[C@@H]1O2. The molecule has 0 aliphatic carbocycles. The summed E-state index contributed by atoms with van der Waals surface area (Å²) in [6.07, 6.45) is 2.10. The summed E-state index contributed by atoms with van der Waals surface area (Å²) >= 11 is 0. The molecule has 70 valence electrons. The maximum Gasteiger partial charge on any atom is 0.310 e. The lowest BCUT2D eigenvalue weighted by Gasteiger charge is -2.16. The summed E-state index contributed by atoms with van der Waals surface area (Å²) in [5.74, 6) is -4.09. The van der Waals surface area contributed by atoms with Crippen LogP contribution in [0.2, 0.25) is 0 Å². The molecule has 4 atom stereocenters. The second kappa shape index (κ2) is 2.56. The van der Waals surface area contributed by atoms with Gasteiger partial charge in [-0.25, -0.2) is 0 Å². The van der Waals surface area contributed by atoms with Crippen molar-refractivity contribution in [3.05, 3.63) is 12.2 Å². The summed E-state index contributed by atoms with van der Waals surface area (Å²) in [5, 5.41) is 17.6. The summed E-state index contributed by atoms with van der Waals surface area (Å²) in [7, 11) is 0. The molecule has 2 rings (SSSR count). The van der Waals surface area contributed by atoms with E-state index in [1.54, 1.807) is 12.2 Å². The van der Waals surface area contributed by atoms with Gasteiger partial charge in [0.15, 0.2) is 0 Å². The molecule has 2 aliphatic heterocycles. The van der Waals surface area contributed by atoms with E-state index in [1.807, 2.05) is 0 Å². The highest BCUT2D eigenvalue weighted by molar-refractivity contribution is 5.82. The number of carboxylic acids is 2. The minimum atomic E-state index is -1.11. The molecule has 0 amide bonds. The number of hydrogen-bond acceptors (Lipinski definition) is 3. The summed E-state index contributed by atoms with van der Waals surface area (Å²) in [6.45, 7) is 0. The molecule has 0 spiro atoms. The maximum absolute atomic E-state index is 10.7. The fraction of sp³-hybridized carbons (Fsp3) is 0.500. The zero-order chi connectivity index (χ0) is 9.59. The van der Waals surface area contributed by atoms with E-state index in [1.165, 1.54) is 0 Å². The van der Waals surface area contributed by atoms with Gasteiger partial charge < -0.3 is 14.9 Å². The molecule has 5 nitrogen and oxygen atoms in total. The molecule has 2 bridgehead atoms. The first-order valence-corrected chi connectivity index (χ1v) is 3.90. The molecule has 5 heteroatoms. The first kappa shape index (κ1) is 8.25. The molecule has 1 saturated heterocycles. The lowest BCUT2D eigenvalue weighted by molar-refractivity contribution is -0.152. The third-order valence-electron chi connectivity index (χ3n) is 2.47. The predicted molar refractivity (Wildman–Crippen MR) is 40.1 cm³/mol. The van der Waals surface area contributed by atoms with E-state index in [2.05, 4.69) is 0 Å². The van der Waals surface area contributed by atoms with Crippen LogP contribution < -0.4 is 0 Å². The van der Waals surface area contributed by atoms with Gasteiger partial charge in [-0.1, -0.05) is 12.2 Å². The van der Waals surface area contributed by atoms with Gasteiger partial charge in [-0.15, -0.1) is 0 Å². The largest absolute Gasteiger partial charge is 0.481 e. The van der Waals surface area contributed by atoms with E-state index < -0.39 is 36.0 Å². The number of carbonyl (C=O) groups is 2. The third kappa shape index (κ3) is 1.04. The van der Waals surface area contributed by atoms with Gasteiger partial charge >= 0.3 is 11.9 Å². The number of ether oxygens (including phenoxy) is 1. The molecular formula is C8H8O5. The lowest BCUT2D eigenvalue weighted by Crippen LogP contribution is -2.36. The Hall–Kier alpha value is -1.36. The van der Waals surface area contributed by atoms with Crippen molar-refractivity contribution in [3.63, 3.8) is 0 Å². The molecule has 2 N–H and O–H groups in total. The molecule has 0 unspecified atom stereocenters. The average Bonchev–Trinajstić information content (AvgIpc) is 2.60. The van der Waals surface area contributed by atoms with Gasteiger partial charge in [0.1, 0.15) is 11.8 Å². The number of carboxylic acid groups (broad SMARTS) is 2. The van der Waals surface area contributed by atoms with Gasteiger partial charge in [0.05, 0.1) is 12.2 Å². The van der Waals surface area contributed by atoms with Crippen LogP contribution in [0.4, 0.5) is 0 Å². The highest BCUT2D eigenvalue weighted by Crippen LogP contribution is 2.39. The summed E-state index contributed by atoms with van der Waals surface area (Å²) in [4.78, 5) is 21.5. The Bertz CT molecular complexity index is 267. The topological polar surface area (TPSA) is 83.8 Å². The molecular weight excluding hydrogens is 176 g/mol. The first-order valence-electron chi connectivity index (χ1n) is 3.90. The molecule has 1 fully saturated rings. The van der Waals surface area contributed by atoms with Gasteiger partial charge in [-0.3, -0.25) is 9.59 Å². The van der Waals surface area contributed by atoms with Crippen LogP contribution in [0.3, 0.4) is 0 Å². The molecule has 13 heavy (non-hydrogen) atoms. The van der Waals surface area contributed by atoms with Crippen LogP contribution in [0, 0.1) is 11.8 Å². The fourth-order valence-corrected chi connectivity index (χ4v) is 1.90. The average molecular weight is 184 g/mol. The number of aliphatic carboxylic acids is 2. The van der Waals surface area contributed by atoms with Crippen molar-refractivity contribution in [3.8, 4) is 0 Å². The second-order valence-corrected chi connectivity index (χ2v) is 3.18. The molecule has 2 aliphatic rings. The van der Waals surface area contributed by atoms with Crippen LogP contribution in [0.25, 0.3) is 0 Å². The van der Waals surface area contributed by atoms with Crippen molar-refractivity contribution in [2.75, 3.05) is 0 Å². The summed E-state index contributed by atoms with van der Waals surface area (Å²) in [5.41, 5.74) is 0. The normalized spacial score (nSPS) is 40.9. The monoisotopic (exact) mass is 184 g/mol. The quantitative estimate of drug-likeness (QED) is 0.577. The second-order valence-electron chi connectivity index (χ2n) is 3.18. The minimum Gasteiger partial charge on any atom is -0.481 e. The Kier molecular flexibility index (Phi) is 1.63. The first-order chi connectivity index (χ1) is 6.11. The van der Waals surface area contributed by atoms with Crippen LogP contribution in [0.1, 0.15) is 0 Å². The Morgan fingerprint density at radius 1 is 1.00 bits per heavy atom. The molecule has 0 saturated carbocycles. The number of fused-ring (bicyclic) bond motifs is 2. The molecule has 2 heterocycles. The Morgan fingerprint density at radius 3 is 1.69 bits per heavy atom. The van der Waals surface area contributed by atoms with Crippen molar-refractivity contribution in [1.29, 1.82) is 0 Å². The minimum absolute atomic E-state index is 0.566. The third-order valence-corrected chi connectivity index (χ3v) is 2.47. The number of rotatable bonds is 2.